The quantitative estimate of drug-likeness (QED) is 0.670. The van der Waals surface area contributed by atoms with Crippen LogP contribution >= 0.6 is 0 Å². The molecule has 0 saturated heterocycles. The number of likely N-dealkylation sites (N-methyl/N-ethyl adjacent to an activating group) is 1. The lowest BCUT2D eigenvalue weighted by Crippen LogP contribution is -2.36. The average molecular weight is 292 g/mol. The maximum atomic E-state index is 5.53. The number of nitrogens with one attached hydrogen (secondary N) is 1. The molecule has 1 rings (SSSR count). The molecule has 0 heterocycles. The number of hydrogen-bond acceptors (Lipinski definition) is 3. The van der Waals surface area contributed by atoms with Gasteiger partial charge in [0.25, 0.3) is 0 Å². The van der Waals surface area contributed by atoms with Crippen LogP contribution in [0.2, 0.25) is 0 Å². The van der Waals surface area contributed by atoms with E-state index in [1.807, 2.05) is 6.92 Å². The summed E-state index contributed by atoms with van der Waals surface area (Å²) in [6, 6.07) is 8.92. The van der Waals surface area contributed by atoms with Gasteiger partial charge in [0.1, 0.15) is 5.75 Å². The first-order chi connectivity index (χ1) is 10.2. The van der Waals surface area contributed by atoms with E-state index >= 15 is 0 Å². The Morgan fingerprint density at radius 2 is 1.62 bits per heavy atom. The highest BCUT2D eigenvalue weighted by molar-refractivity contribution is 5.29. The zero-order chi connectivity index (χ0) is 15.5. The minimum absolute atomic E-state index is 0.392. The molecule has 1 atom stereocenters. The lowest BCUT2D eigenvalue weighted by molar-refractivity contribution is 0.244. The molecule has 3 nitrogen and oxygen atoms in total. The Balaban J connectivity index is 2.74. The molecule has 0 saturated carbocycles. The average Bonchev–Trinajstić information content (AvgIpc) is 2.48. The van der Waals surface area contributed by atoms with E-state index in [9.17, 15) is 0 Å². The van der Waals surface area contributed by atoms with E-state index < -0.39 is 0 Å². The molecule has 0 aliphatic rings. The van der Waals surface area contributed by atoms with Gasteiger partial charge in [-0.15, -0.1) is 0 Å². The summed E-state index contributed by atoms with van der Waals surface area (Å²) in [7, 11) is 0. The van der Waals surface area contributed by atoms with Crippen LogP contribution in [0.4, 0.5) is 0 Å². The lowest BCUT2D eigenvalue weighted by Gasteiger charge is -2.28. The first kappa shape index (κ1) is 18.0. The minimum Gasteiger partial charge on any atom is -0.494 e. The van der Waals surface area contributed by atoms with Crippen molar-refractivity contribution in [3.8, 4) is 5.75 Å². The number of benzene rings is 1. The Hall–Kier alpha value is -1.06. The molecule has 0 radical (unpaired) electrons. The van der Waals surface area contributed by atoms with Crippen LogP contribution in [-0.4, -0.2) is 37.7 Å². The molecule has 0 fully saturated rings. The van der Waals surface area contributed by atoms with Crippen molar-refractivity contribution >= 4 is 0 Å². The first-order valence-electron chi connectivity index (χ1n) is 8.43. The second-order valence-electron chi connectivity index (χ2n) is 5.41. The number of nitrogens with zero attached hydrogens (tertiary/aromatic N) is 1. The second-order valence-corrected chi connectivity index (χ2v) is 5.41. The predicted octanol–water partition coefficient (Wildman–Crippen LogP) is 3.86. The van der Waals surface area contributed by atoms with Gasteiger partial charge in [-0.05, 0) is 57.1 Å². The Morgan fingerprint density at radius 1 is 1.00 bits per heavy atom. The van der Waals surface area contributed by atoms with E-state index in [1.54, 1.807) is 0 Å². The first-order valence-corrected chi connectivity index (χ1v) is 8.43. The van der Waals surface area contributed by atoms with Gasteiger partial charge in [-0.2, -0.15) is 0 Å². The van der Waals surface area contributed by atoms with Gasteiger partial charge in [0.2, 0.25) is 0 Å². The fourth-order valence-electron chi connectivity index (χ4n) is 2.68. The molecule has 1 aromatic rings. The number of ether oxygens (including phenoxy) is 1. The molecule has 3 heteroatoms. The molecule has 1 aromatic carbocycles. The van der Waals surface area contributed by atoms with Gasteiger partial charge in [-0.1, -0.05) is 32.9 Å². The van der Waals surface area contributed by atoms with Crippen LogP contribution in [0.5, 0.6) is 5.75 Å². The monoisotopic (exact) mass is 292 g/mol. The Morgan fingerprint density at radius 3 is 2.10 bits per heavy atom. The van der Waals surface area contributed by atoms with Crippen LogP contribution in [0.1, 0.15) is 52.1 Å². The minimum atomic E-state index is 0.392. The van der Waals surface area contributed by atoms with Crippen molar-refractivity contribution in [3.63, 3.8) is 0 Å². The summed E-state index contributed by atoms with van der Waals surface area (Å²) < 4.78 is 5.53. The smallest absolute Gasteiger partial charge is 0.119 e. The predicted molar refractivity (Wildman–Crippen MR) is 91.1 cm³/mol. The summed E-state index contributed by atoms with van der Waals surface area (Å²) in [4.78, 5) is 2.56. The highest BCUT2D eigenvalue weighted by Gasteiger charge is 2.14. The molecule has 0 spiro atoms. The van der Waals surface area contributed by atoms with E-state index in [0.29, 0.717) is 6.04 Å². The summed E-state index contributed by atoms with van der Waals surface area (Å²) in [5, 5.41) is 3.62. The zero-order valence-corrected chi connectivity index (χ0v) is 14.2. The van der Waals surface area contributed by atoms with Crippen molar-refractivity contribution < 1.29 is 4.74 Å². The van der Waals surface area contributed by atoms with Gasteiger partial charge in [-0.25, -0.2) is 0 Å². The van der Waals surface area contributed by atoms with E-state index in [1.165, 1.54) is 31.5 Å². The lowest BCUT2D eigenvalue weighted by atomic mass is 10.1. The standard InChI is InChI=1S/C18H32N2O/c1-5-13-20(14-6-2)15-18(19-7-3)16-9-11-17(12-10-16)21-8-4/h9-12,18-19H,5-8,13-15H2,1-4H3. The van der Waals surface area contributed by atoms with Crippen LogP contribution in [0.25, 0.3) is 0 Å². The zero-order valence-electron chi connectivity index (χ0n) is 14.2. The van der Waals surface area contributed by atoms with Crippen molar-refractivity contribution in [1.82, 2.24) is 10.2 Å². The number of rotatable bonds is 11. The molecule has 1 N–H and O–H groups in total. The highest BCUT2D eigenvalue weighted by Crippen LogP contribution is 2.19. The molecule has 21 heavy (non-hydrogen) atoms. The van der Waals surface area contributed by atoms with Crippen LogP contribution in [-0.2, 0) is 0 Å². The highest BCUT2D eigenvalue weighted by atomic mass is 16.5. The van der Waals surface area contributed by atoms with Crippen molar-refractivity contribution in [1.29, 1.82) is 0 Å². The third kappa shape index (κ3) is 6.49. The molecular weight excluding hydrogens is 260 g/mol. The molecule has 120 valence electrons. The number of hydrogen-bond donors (Lipinski definition) is 1. The normalized spacial score (nSPS) is 12.6. The molecule has 0 aliphatic carbocycles. The van der Waals surface area contributed by atoms with E-state index in [-0.39, 0.29) is 0 Å². The molecule has 0 aromatic heterocycles. The van der Waals surface area contributed by atoms with Crippen LogP contribution in [0.3, 0.4) is 0 Å². The van der Waals surface area contributed by atoms with Crippen LogP contribution in [0, 0.1) is 0 Å². The van der Waals surface area contributed by atoms with Crippen LogP contribution in [0.15, 0.2) is 24.3 Å². The summed E-state index contributed by atoms with van der Waals surface area (Å²) in [5.41, 5.74) is 1.34. The fourth-order valence-corrected chi connectivity index (χ4v) is 2.68. The summed E-state index contributed by atoms with van der Waals surface area (Å²) in [6.07, 6.45) is 2.42. The van der Waals surface area contributed by atoms with E-state index in [0.717, 1.165) is 25.4 Å². The maximum Gasteiger partial charge on any atom is 0.119 e. The van der Waals surface area contributed by atoms with Crippen molar-refractivity contribution in [2.24, 2.45) is 0 Å². The molecule has 0 amide bonds. The molecule has 0 aliphatic heterocycles. The summed E-state index contributed by atoms with van der Waals surface area (Å²) in [5.74, 6) is 0.954. The maximum absolute atomic E-state index is 5.53. The largest absolute Gasteiger partial charge is 0.494 e. The van der Waals surface area contributed by atoms with Gasteiger partial charge in [-0.3, -0.25) is 0 Å². The SMILES string of the molecule is CCCN(CCC)CC(NCC)c1ccc(OCC)cc1. The third-order valence-electron chi connectivity index (χ3n) is 3.56. The van der Waals surface area contributed by atoms with Gasteiger partial charge in [0, 0.05) is 12.6 Å². The van der Waals surface area contributed by atoms with E-state index in [4.69, 9.17) is 4.74 Å². The van der Waals surface area contributed by atoms with Gasteiger partial charge in [0.15, 0.2) is 0 Å². The molecule has 0 bridgehead atoms. The third-order valence-corrected chi connectivity index (χ3v) is 3.56. The molecular formula is C18H32N2O. The Labute approximate surface area is 130 Å². The van der Waals surface area contributed by atoms with Crippen LogP contribution < -0.4 is 10.1 Å². The Kier molecular flexibility index (Phi) is 9.11. The van der Waals surface area contributed by atoms with Gasteiger partial charge < -0.3 is 15.0 Å². The topological polar surface area (TPSA) is 24.5 Å². The summed E-state index contributed by atoms with van der Waals surface area (Å²) in [6.45, 7) is 13.8. The molecule has 1 unspecified atom stereocenters. The van der Waals surface area contributed by atoms with Gasteiger partial charge >= 0.3 is 0 Å². The Bertz CT molecular complexity index is 358. The van der Waals surface area contributed by atoms with Crippen molar-refractivity contribution in [2.45, 2.75) is 46.6 Å². The van der Waals surface area contributed by atoms with Crippen molar-refractivity contribution in [3.05, 3.63) is 29.8 Å². The van der Waals surface area contributed by atoms with E-state index in [2.05, 4.69) is 55.3 Å². The fraction of sp³-hybridized carbons (Fsp3) is 0.667. The summed E-state index contributed by atoms with van der Waals surface area (Å²) >= 11 is 0. The van der Waals surface area contributed by atoms with Gasteiger partial charge in [0.05, 0.1) is 6.61 Å². The van der Waals surface area contributed by atoms with Crippen molar-refractivity contribution in [2.75, 3.05) is 32.8 Å². The second kappa shape index (κ2) is 10.6.